The lowest BCUT2D eigenvalue weighted by atomic mass is 9.90. The van der Waals surface area contributed by atoms with Crippen LogP contribution in [0.3, 0.4) is 0 Å². The molecular weight excluding hydrogens is 496 g/mol. The predicted molar refractivity (Wildman–Crippen MR) is 152 cm³/mol. The number of nitrogens with one attached hydrogen (secondary N) is 1. The molecule has 3 aromatic carbocycles. The van der Waals surface area contributed by atoms with E-state index in [-0.39, 0.29) is 23.5 Å². The molecule has 1 aliphatic heterocycles. The molecule has 1 fully saturated rings. The molecule has 1 N–H and O–H groups in total. The van der Waals surface area contributed by atoms with Crippen LogP contribution >= 0.6 is 11.6 Å². The highest BCUT2D eigenvalue weighted by molar-refractivity contribution is 6.30. The van der Waals surface area contributed by atoms with Crippen molar-refractivity contribution in [1.82, 2.24) is 19.8 Å². The number of nitrogens with zero attached hydrogens (tertiary/aromatic N) is 3. The number of carbonyl (C=O) groups excluding carboxylic acids is 2. The average Bonchev–Trinajstić information content (AvgIpc) is 3.40. The van der Waals surface area contributed by atoms with Crippen molar-refractivity contribution in [3.63, 3.8) is 0 Å². The van der Waals surface area contributed by atoms with Crippen LogP contribution in [0.1, 0.15) is 51.7 Å². The summed E-state index contributed by atoms with van der Waals surface area (Å²) in [5, 5.41) is 0.706. The maximum absolute atomic E-state index is 13.1. The summed E-state index contributed by atoms with van der Waals surface area (Å²) in [5.41, 5.74) is 3.60. The van der Waals surface area contributed by atoms with Gasteiger partial charge in [-0.3, -0.25) is 9.59 Å². The van der Waals surface area contributed by atoms with Crippen LogP contribution in [0.4, 0.5) is 0 Å². The number of fused-ring (bicyclic) bond motifs is 1. The number of Topliss-reactive ketones (excluding diaryl/α,β-unsaturated/α-hetero) is 1. The van der Waals surface area contributed by atoms with Gasteiger partial charge in [0.1, 0.15) is 0 Å². The number of likely N-dealkylation sites (N-methyl/N-ethyl adjacent to an activating group) is 1. The number of hydrogen-bond acceptors (Lipinski definition) is 4. The molecule has 6 nitrogen and oxygen atoms in total. The summed E-state index contributed by atoms with van der Waals surface area (Å²) >= 11 is 6.15. The predicted octanol–water partition coefficient (Wildman–Crippen LogP) is 6.06. The smallest absolute Gasteiger partial charge is 0.253 e. The zero-order valence-corrected chi connectivity index (χ0v) is 22.4. The number of halogens is 1. The van der Waals surface area contributed by atoms with Crippen LogP contribution in [0, 0.1) is 5.92 Å². The maximum atomic E-state index is 13.1. The van der Waals surface area contributed by atoms with Gasteiger partial charge in [-0.2, -0.15) is 0 Å². The number of ketones is 1. The summed E-state index contributed by atoms with van der Waals surface area (Å²) in [5.74, 6) is 0.780. The molecule has 38 heavy (non-hydrogen) atoms. The molecule has 1 saturated heterocycles. The first-order chi connectivity index (χ1) is 18.5. The fourth-order valence-corrected chi connectivity index (χ4v) is 5.46. The minimum Gasteiger partial charge on any atom is -0.341 e. The van der Waals surface area contributed by atoms with E-state index in [4.69, 9.17) is 11.6 Å². The standard InChI is InChI=1S/C31H33ClN4O2/c1-35(31(38)24-7-3-2-4-8-24)21-25(22-11-13-26(32)14-12-22)17-20-36-18-15-23(16-19-36)29(37)30-33-27-9-5-6-10-28(27)34-30/h2-14,23,25H,15-21H2,1H3,(H,33,34). The second-order valence-corrected chi connectivity index (χ2v) is 10.6. The number of H-pyrrole nitrogens is 1. The molecule has 7 heteroatoms. The monoisotopic (exact) mass is 528 g/mol. The fourth-order valence-electron chi connectivity index (χ4n) is 5.33. The van der Waals surface area contributed by atoms with Crippen LogP contribution in [0.5, 0.6) is 0 Å². The number of benzene rings is 3. The van der Waals surface area contributed by atoms with E-state index in [1.807, 2.05) is 78.7 Å². The Morgan fingerprint density at radius 2 is 1.68 bits per heavy atom. The van der Waals surface area contributed by atoms with Gasteiger partial charge in [-0.05, 0) is 80.9 Å². The van der Waals surface area contributed by atoms with Gasteiger partial charge in [-0.25, -0.2) is 4.98 Å². The second-order valence-electron chi connectivity index (χ2n) is 10.2. The van der Waals surface area contributed by atoms with E-state index in [1.54, 1.807) is 0 Å². The van der Waals surface area contributed by atoms with Crippen molar-refractivity contribution < 1.29 is 9.59 Å². The summed E-state index contributed by atoms with van der Waals surface area (Å²) in [4.78, 5) is 38.0. The lowest BCUT2D eigenvalue weighted by Crippen LogP contribution is -2.38. The minimum atomic E-state index is -0.00602. The lowest BCUT2D eigenvalue weighted by molar-refractivity contribution is 0.0779. The van der Waals surface area contributed by atoms with Crippen LogP contribution < -0.4 is 0 Å². The molecule has 5 rings (SSSR count). The van der Waals surface area contributed by atoms with Crippen molar-refractivity contribution in [3.05, 3.63) is 101 Å². The highest BCUT2D eigenvalue weighted by Crippen LogP contribution is 2.26. The molecule has 2 heterocycles. The highest BCUT2D eigenvalue weighted by Gasteiger charge is 2.28. The number of carbonyl (C=O) groups is 2. The van der Waals surface area contributed by atoms with Crippen molar-refractivity contribution in [3.8, 4) is 0 Å². The number of piperidine rings is 1. The van der Waals surface area contributed by atoms with Gasteiger partial charge < -0.3 is 14.8 Å². The van der Waals surface area contributed by atoms with Crippen LogP contribution in [-0.4, -0.2) is 64.7 Å². The Hall–Kier alpha value is -3.48. The molecule has 196 valence electrons. The average molecular weight is 529 g/mol. The fraction of sp³-hybridized carbons (Fsp3) is 0.323. The highest BCUT2D eigenvalue weighted by atomic mass is 35.5. The summed E-state index contributed by atoms with van der Waals surface area (Å²) < 4.78 is 0. The summed E-state index contributed by atoms with van der Waals surface area (Å²) in [6.45, 7) is 3.29. The molecule has 1 aliphatic rings. The number of aromatic amines is 1. The van der Waals surface area contributed by atoms with Gasteiger partial charge in [0.25, 0.3) is 5.91 Å². The Kier molecular flexibility index (Phi) is 8.20. The molecule has 0 spiro atoms. The summed E-state index contributed by atoms with van der Waals surface area (Å²) in [6, 6.07) is 25.1. The Morgan fingerprint density at radius 3 is 2.39 bits per heavy atom. The van der Waals surface area contributed by atoms with Gasteiger partial charge in [0, 0.05) is 36.0 Å². The molecule has 4 aromatic rings. The molecule has 0 saturated carbocycles. The van der Waals surface area contributed by atoms with E-state index in [0.29, 0.717) is 23.0 Å². The van der Waals surface area contributed by atoms with Crippen molar-refractivity contribution >= 4 is 34.3 Å². The van der Waals surface area contributed by atoms with Gasteiger partial charge in [-0.1, -0.05) is 54.1 Å². The van der Waals surface area contributed by atoms with Gasteiger partial charge in [-0.15, -0.1) is 0 Å². The Labute approximate surface area is 228 Å². The minimum absolute atomic E-state index is 0.00602. The van der Waals surface area contributed by atoms with E-state index in [9.17, 15) is 9.59 Å². The largest absolute Gasteiger partial charge is 0.341 e. The molecule has 1 amide bonds. The topological polar surface area (TPSA) is 69.3 Å². The first-order valence-electron chi connectivity index (χ1n) is 13.2. The van der Waals surface area contributed by atoms with Crippen LogP contribution in [-0.2, 0) is 0 Å². The third-order valence-electron chi connectivity index (χ3n) is 7.58. The third-order valence-corrected chi connectivity index (χ3v) is 7.83. The van der Waals surface area contributed by atoms with Crippen molar-refractivity contribution in [1.29, 1.82) is 0 Å². The van der Waals surface area contributed by atoms with Crippen LogP contribution in [0.25, 0.3) is 11.0 Å². The Bertz CT molecular complexity index is 1350. The molecule has 1 atom stereocenters. The number of likely N-dealkylation sites (tertiary alicyclic amines) is 1. The molecule has 1 aromatic heterocycles. The first-order valence-corrected chi connectivity index (χ1v) is 13.6. The van der Waals surface area contributed by atoms with Gasteiger partial charge in [0.15, 0.2) is 5.82 Å². The first kappa shape index (κ1) is 26.1. The second kappa shape index (κ2) is 11.9. The van der Waals surface area contributed by atoms with E-state index >= 15 is 0 Å². The SMILES string of the molecule is CN(CC(CCN1CCC(C(=O)c2nc3ccccc3[nH]2)CC1)c1ccc(Cl)cc1)C(=O)c1ccccc1. The third kappa shape index (κ3) is 6.14. The van der Waals surface area contributed by atoms with Crippen LogP contribution in [0.15, 0.2) is 78.9 Å². The molecule has 0 bridgehead atoms. The lowest BCUT2D eigenvalue weighted by Gasteiger charge is -2.33. The van der Waals surface area contributed by atoms with E-state index in [0.717, 1.165) is 49.9 Å². The van der Waals surface area contributed by atoms with Gasteiger partial charge in [0.2, 0.25) is 5.78 Å². The summed E-state index contributed by atoms with van der Waals surface area (Å²) in [6.07, 6.45) is 2.57. The zero-order chi connectivity index (χ0) is 26.5. The van der Waals surface area contributed by atoms with Crippen molar-refractivity contribution in [2.24, 2.45) is 5.92 Å². The van der Waals surface area contributed by atoms with Gasteiger partial charge in [0.05, 0.1) is 11.0 Å². The number of hydrogen-bond donors (Lipinski definition) is 1. The Balaban J connectivity index is 1.19. The number of rotatable bonds is 9. The van der Waals surface area contributed by atoms with Crippen molar-refractivity contribution in [2.45, 2.75) is 25.2 Å². The van der Waals surface area contributed by atoms with Crippen molar-refractivity contribution in [2.75, 3.05) is 33.2 Å². The molecule has 0 aliphatic carbocycles. The molecular formula is C31H33ClN4O2. The van der Waals surface area contributed by atoms with Crippen LogP contribution in [0.2, 0.25) is 5.02 Å². The number of amides is 1. The van der Waals surface area contributed by atoms with E-state index in [1.165, 1.54) is 5.56 Å². The Morgan fingerprint density at radius 1 is 1.00 bits per heavy atom. The maximum Gasteiger partial charge on any atom is 0.253 e. The zero-order valence-electron chi connectivity index (χ0n) is 21.6. The number of aromatic nitrogens is 2. The number of para-hydroxylation sites is 2. The van der Waals surface area contributed by atoms with Gasteiger partial charge >= 0.3 is 0 Å². The molecule has 1 unspecified atom stereocenters. The summed E-state index contributed by atoms with van der Waals surface area (Å²) in [7, 11) is 1.87. The molecule has 0 radical (unpaired) electrons. The normalized spacial score (nSPS) is 15.4. The van der Waals surface area contributed by atoms with E-state index in [2.05, 4.69) is 27.0 Å². The quantitative estimate of drug-likeness (QED) is 0.268. The number of imidazole rings is 1. The van der Waals surface area contributed by atoms with E-state index < -0.39 is 0 Å².